The highest BCUT2D eigenvalue weighted by Crippen LogP contribution is 2.26. The molecule has 1 heterocycles. The van der Waals surface area contributed by atoms with Gasteiger partial charge >= 0.3 is 0 Å². The zero-order valence-electron chi connectivity index (χ0n) is 14.2. The predicted molar refractivity (Wildman–Crippen MR) is 102 cm³/mol. The summed E-state index contributed by atoms with van der Waals surface area (Å²) in [6.45, 7) is 0. The van der Waals surface area contributed by atoms with Gasteiger partial charge in [0.15, 0.2) is 5.76 Å². The number of aromatic hydroxyl groups is 1. The fourth-order valence-electron chi connectivity index (χ4n) is 2.51. The van der Waals surface area contributed by atoms with E-state index in [-0.39, 0.29) is 16.5 Å². The third-order valence-corrected chi connectivity index (χ3v) is 4.17. The molecular formula is C20H17ClN2O4. The van der Waals surface area contributed by atoms with E-state index in [2.05, 4.69) is 10.6 Å². The lowest BCUT2D eigenvalue weighted by molar-refractivity contribution is -0.118. The number of benzene rings is 2. The maximum Gasteiger partial charge on any atom is 0.287 e. The van der Waals surface area contributed by atoms with Crippen molar-refractivity contribution in [3.8, 4) is 5.75 Å². The Morgan fingerprint density at radius 1 is 1.07 bits per heavy atom. The van der Waals surface area contributed by atoms with Gasteiger partial charge in [-0.3, -0.25) is 9.59 Å². The molecule has 3 N–H and O–H groups in total. The van der Waals surface area contributed by atoms with Gasteiger partial charge in [-0.05, 0) is 35.9 Å². The van der Waals surface area contributed by atoms with E-state index in [9.17, 15) is 14.7 Å². The topological polar surface area (TPSA) is 91.6 Å². The smallest absolute Gasteiger partial charge is 0.287 e. The summed E-state index contributed by atoms with van der Waals surface area (Å²) in [5.74, 6) is -0.865. The number of carbonyl (C=O) groups is 2. The number of halogens is 1. The number of amides is 2. The molecule has 2 aromatic carbocycles. The molecule has 0 saturated carbocycles. The molecule has 138 valence electrons. The molecule has 1 atom stereocenters. The molecule has 7 heteroatoms. The van der Waals surface area contributed by atoms with Crippen LogP contribution >= 0.6 is 11.6 Å². The van der Waals surface area contributed by atoms with Gasteiger partial charge in [-0.1, -0.05) is 41.9 Å². The van der Waals surface area contributed by atoms with Gasteiger partial charge in [0.25, 0.3) is 5.91 Å². The van der Waals surface area contributed by atoms with E-state index in [1.165, 1.54) is 30.5 Å². The molecular weight excluding hydrogens is 368 g/mol. The second kappa shape index (κ2) is 8.42. The van der Waals surface area contributed by atoms with Gasteiger partial charge in [0.05, 0.1) is 11.3 Å². The predicted octanol–water partition coefficient (Wildman–Crippen LogP) is 3.62. The fourth-order valence-corrected chi connectivity index (χ4v) is 2.69. The van der Waals surface area contributed by atoms with E-state index in [1.54, 1.807) is 6.07 Å². The highest BCUT2D eigenvalue weighted by atomic mass is 35.5. The van der Waals surface area contributed by atoms with Gasteiger partial charge in [-0.15, -0.1) is 0 Å². The molecule has 6 nitrogen and oxygen atoms in total. The van der Waals surface area contributed by atoms with Crippen LogP contribution in [0.25, 0.3) is 0 Å². The van der Waals surface area contributed by atoms with Crippen LogP contribution in [0.5, 0.6) is 5.75 Å². The number of carbonyl (C=O) groups excluding carboxylic acids is 2. The minimum Gasteiger partial charge on any atom is -0.506 e. The Hall–Kier alpha value is -3.25. The second-order valence-corrected chi connectivity index (χ2v) is 6.26. The zero-order valence-corrected chi connectivity index (χ0v) is 14.9. The highest BCUT2D eigenvalue weighted by Gasteiger charge is 2.23. The molecule has 3 rings (SSSR count). The van der Waals surface area contributed by atoms with Crippen molar-refractivity contribution in [2.24, 2.45) is 0 Å². The first-order valence-corrected chi connectivity index (χ1v) is 8.58. The van der Waals surface area contributed by atoms with Gasteiger partial charge in [-0.2, -0.15) is 0 Å². The van der Waals surface area contributed by atoms with Crippen LogP contribution in [0, 0.1) is 0 Å². The zero-order chi connectivity index (χ0) is 19.2. The molecule has 0 aliphatic carbocycles. The van der Waals surface area contributed by atoms with Gasteiger partial charge in [0.1, 0.15) is 11.8 Å². The molecule has 0 aliphatic rings. The van der Waals surface area contributed by atoms with Gasteiger partial charge in [0, 0.05) is 12.1 Å². The summed E-state index contributed by atoms with van der Waals surface area (Å²) < 4.78 is 5.08. The lowest BCUT2D eigenvalue weighted by Crippen LogP contribution is -2.45. The first-order chi connectivity index (χ1) is 13.0. The van der Waals surface area contributed by atoms with Crippen molar-refractivity contribution < 1.29 is 19.1 Å². The first-order valence-electron chi connectivity index (χ1n) is 8.20. The van der Waals surface area contributed by atoms with Crippen LogP contribution in [0.1, 0.15) is 16.1 Å². The fraction of sp³-hybridized carbons (Fsp3) is 0.100. The molecule has 0 spiro atoms. The number of furan rings is 1. The monoisotopic (exact) mass is 384 g/mol. The SMILES string of the molecule is O=C(NC(Cc1ccccc1)C(=O)Nc1ccc(O)c(Cl)c1)c1ccco1. The van der Waals surface area contributed by atoms with E-state index in [4.69, 9.17) is 16.0 Å². The first kappa shape index (κ1) is 18.5. The van der Waals surface area contributed by atoms with Crippen molar-refractivity contribution in [2.45, 2.75) is 12.5 Å². The maximum atomic E-state index is 12.8. The number of hydrogen-bond acceptors (Lipinski definition) is 4. The van der Waals surface area contributed by atoms with Crippen molar-refractivity contribution in [1.82, 2.24) is 5.32 Å². The molecule has 0 aliphatic heterocycles. The molecule has 3 aromatic rings. The molecule has 0 radical (unpaired) electrons. The average molecular weight is 385 g/mol. The lowest BCUT2D eigenvalue weighted by atomic mass is 10.0. The number of hydrogen-bond donors (Lipinski definition) is 3. The van der Waals surface area contributed by atoms with Gasteiger partial charge in [-0.25, -0.2) is 0 Å². The van der Waals surface area contributed by atoms with E-state index >= 15 is 0 Å². The summed E-state index contributed by atoms with van der Waals surface area (Å²) in [5.41, 5.74) is 1.30. The quantitative estimate of drug-likeness (QED) is 0.566. The third kappa shape index (κ3) is 4.89. The van der Waals surface area contributed by atoms with Gasteiger partial charge in [0.2, 0.25) is 5.91 Å². The number of phenols is 1. The Kier molecular flexibility index (Phi) is 5.78. The third-order valence-electron chi connectivity index (χ3n) is 3.86. The van der Waals surface area contributed by atoms with E-state index in [0.717, 1.165) is 5.56 Å². The van der Waals surface area contributed by atoms with Crippen molar-refractivity contribution in [3.63, 3.8) is 0 Å². The molecule has 0 fully saturated rings. The number of phenolic OH excluding ortho intramolecular Hbond substituents is 1. The maximum absolute atomic E-state index is 12.8. The number of nitrogens with one attached hydrogen (secondary N) is 2. The summed E-state index contributed by atoms with van der Waals surface area (Å²) in [4.78, 5) is 25.1. The van der Waals surface area contributed by atoms with E-state index < -0.39 is 17.9 Å². The molecule has 1 unspecified atom stereocenters. The second-order valence-electron chi connectivity index (χ2n) is 5.85. The summed E-state index contributed by atoms with van der Waals surface area (Å²) in [6, 6.07) is 16.0. The average Bonchev–Trinajstić information content (AvgIpc) is 3.20. The lowest BCUT2D eigenvalue weighted by Gasteiger charge is -2.18. The van der Waals surface area contributed by atoms with Gasteiger partial charge < -0.3 is 20.2 Å². The molecule has 1 aromatic heterocycles. The van der Waals surface area contributed by atoms with E-state index in [1.807, 2.05) is 30.3 Å². The Labute approximate surface area is 160 Å². The minimum atomic E-state index is -0.836. The van der Waals surface area contributed by atoms with Crippen LogP contribution in [-0.2, 0) is 11.2 Å². The summed E-state index contributed by atoms with van der Waals surface area (Å²) in [6.07, 6.45) is 1.69. The Balaban J connectivity index is 1.77. The van der Waals surface area contributed by atoms with Crippen LogP contribution in [0.15, 0.2) is 71.3 Å². The highest BCUT2D eigenvalue weighted by molar-refractivity contribution is 6.32. The van der Waals surface area contributed by atoms with Crippen LogP contribution in [0.3, 0.4) is 0 Å². The number of rotatable bonds is 6. The van der Waals surface area contributed by atoms with E-state index in [0.29, 0.717) is 12.1 Å². The molecule has 0 bridgehead atoms. The van der Waals surface area contributed by atoms with Crippen molar-refractivity contribution in [3.05, 3.63) is 83.3 Å². The minimum absolute atomic E-state index is 0.0818. The Morgan fingerprint density at radius 2 is 1.85 bits per heavy atom. The largest absolute Gasteiger partial charge is 0.506 e. The standard InChI is InChI=1S/C20H17ClN2O4/c21-15-12-14(8-9-17(15)24)22-19(25)16(11-13-5-2-1-3-6-13)23-20(26)18-7-4-10-27-18/h1-10,12,16,24H,11H2,(H,22,25)(H,23,26). The number of anilines is 1. The van der Waals surface area contributed by atoms with Crippen LogP contribution < -0.4 is 10.6 Å². The van der Waals surface area contributed by atoms with Crippen LogP contribution in [0.2, 0.25) is 5.02 Å². The summed E-state index contributed by atoms with van der Waals surface area (Å²) in [5, 5.41) is 15.0. The summed E-state index contributed by atoms with van der Waals surface area (Å²) in [7, 11) is 0. The Morgan fingerprint density at radius 3 is 2.52 bits per heavy atom. The summed E-state index contributed by atoms with van der Waals surface area (Å²) >= 11 is 5.88. The molecule has 2 amide bonds. The van der Waals surface area contributed by atoms with Crippen LogP contribution in [-0.4, -0.2) is 23.0 Å². The van der Waals surface area contributed by atoms with Crippen molar-refractivity contribution in [1.29, 1.82) is 0 Å². The van der Waals surface area contributed by atoms with Crippen molar-refractivity contribution >= 4 is 29.1 Å². The molecule has 0 saturated heterocycles. The Bertz CT molecular complexity index is 926. The normalized spacial score (nSPS) is 11.6. The van der Waals surface area contributed by atoms with Crippen molar-refractivity contribution in [2.75, 3.05) is 5.32 Å². The van der Waals surface area contributed by atoms with Crippen LogP contribution in [0.4, 0.5) is 5.69 Å². The molecule has 27 heavy (non-hydrogen) atoms.